The first-order valence-electron chi connectivity index (χ1n) is 7.35. The van der Waals surface area contributed by atoms with Gasteiger partial charge in [0.15, 0.2) is 0 Å². The minimum absolute atomic E-state index is 0.115. The Bertz CT molecular complexity index is 391. The quantitative estimate of drug-likeness (QED) is 0.707. The van der Waals surface area contributed by atoms with Gasteiger partial charge in [-0.2, -0.15) is 0 Å². The lowest BCUT2D eigenvalue weighted by Gasteiger charge is -2.38. The number of nitrogens with zero attached hydrogens (tertiary/aromatic N) is 1. The molecule has 1 saturated carbocycles. The second kappa shape index (κ2) is 7.05. The summed E-state index contributed by atoms with van der Waals surface area (Å²) in [5, 5.41) is 3.37. The van der Waals surface area contributed by atoms with Crippen molar-refractivity contribution in [2.45, 2.75) is 58.0 Å². The predicted octanol–water partition coefficient (Wildman–Crippen LogP) is 4.76. The lowest BCUT2D eigenvalue weighted by Crippen LogP contribution is -2.35. The molecule has 1 heterocycles. The van der Waals surface area contributed by atoms with Crippen molar-refractivity contribution in [3.8, 4) is 0 Å². The average Bonchev–Trinajstić information content (AvgIpc) is 2.86. The summed E-state index contributed by atoms with van der Waals surface area (Å²) in [6.45, 7) is 5.18. The Morgan fingerprint density at radius 3 is 3.11 bits per heavy atom. The largest absolute Gasteiger partial charge is 0.368 e. The zero-order chi connectivity index (χ0) is 13.7. The summed E-state index contributed by atoms with van der Waals surface area (Å²) in [4.78, 5) is 4.83. The smallest absolute Gasteiger partial charge is 0.125 e. The number of hydrogen-bond donors (Lipinski definition) is 0. The molecule has 0 aromatic carbocycles. The molecule has 0 aliphatic heterocycles. The summed E-state index contributed by atoms with van der Waals surface area (Å²) < 4.78 is 6.17. The molecule has 0 amide bonds. The highest BCUT2D eigenvalue weighted by molar-refractivity contribution is 7.09. The lowest BCUT2D eigenvalue weighted by atomic mass is 9.79. The number of halogens is 1. The second-order valence-electron chi connectivity index (χ2n) is 5.57. The van der Waals surface area contributed by atoms with Gasteiger partial charge in [0.05, 0.1) is 5.69 Å². The monoisotopic (exact) mass is 301 g/mol. The number of aryl methyl sites for hydroxylation is 1. The maximum absolute atomic E-state index is 6.17. The van der Waals surface area contributed by atoms with Gasteiger partial charge in [0.2, 0.25) is 0 Å². The third-order valence-corrected chi connectivity index (χ3v) is 5.23. The molecule has 19 heavy (non-hydrogen) atoms. The van der Waals surface area contributed by atoms with Gasteiger partial charge >= 0.3 is 0 Å². The minimum Gasteiger partial charge on any atom is -0.368 e. The summed E-state index contributed by atoms with van der Waals surface area (Å²) >= 11 is 7.52. The van der Waals surface area contributed by atoms with E-state index >= 15 is 0 Å². The fourth-order valence-electron chi connectivity index (χ4n) is 3.05. The van der Waals surface area contributed by atoms with Crippen LogP contribution in [0.25, 0.3) is 0 Å². The van der Waals surface area contributed by atoms with Crippen LogP contribution < -0.4 is 0 Å². The first-order chi connectivity index (χ1) is 9.20. The normalized spacial score (nSPS) is 27.6. The molecule has 108 valence electrons. The van der Waals surface area contributed by atoms with E-state index in [0.29, 0.717) is 5.88 Å². The van der Waals surface area contributed by atoms with Crippen LogP contribution in [-0.4, -0.2) is 17.5 Å². The standard InChI is InChI=1S/C15H24ClNOS/c1-3-18-15(8-4-6-12(2)10-15)14-17-13(11-19-14)7-5-9-16/h11-12H,3-10H2,1-2H3. The van der Waals surface area contributed by atoms with Crippen LogP contribution in [0.2, 0.25) is 0 Å². The third kappa shape index (κ3) is 3.71. The van der Waals surface area contributed by atoms with Crippen molar-refractivity contribution in [2.24, 2.45) is 5.92 Å². The van der Waals surface area contributed by atoms with E-state index in [2.05, 4.69) is 19.2 Å². The lowest BCUT2D eigenvalue weighted by molar-refractivity contribution is -0.0821. The van der Waals surface area contributed by atoms with Gasteiger partial charge in [-0.3, -0.25) is 0 Å². The van der Waals surface area contributed by atoms with Crippen LogP contribution in [0.5, 0.6) is 0 Å². The van der Waals surface area contributed by atoms with Gasteiger partial charge < -0.3 is 4.74 Å². The van der Waals surface area contributed by atoms with E-state index in [9.17, 15) is 0 Å². The molecule has 1 aromatic rings. The SMILES string of the molecule is CCOC1(c2nc(CCCCl)cs2)CCCC(C)C1. The first-order valence-corrected chi connectivity index (χ1v) is 8.76. The maximum Gasteiger partial charge on any atom is 0.125 e. The Kier molecular flexibility index (Phi) is 5.67. The molecule has 4 heteroatoms. The summed E-state index contributed by atoms with van der Waals surface area (Å²) in [5.41, 5.74) is 1.06. The maximum atomic E-state index is 6.17. The molecule has 2 nitrogen and oxygen atoms in total. The number of thiazole rings is 1. The molecule has 0 bridgehead atoms. The third-order valence-electron chi connectivity index (χ3n) is 3.88. The van der Waals surface area contributed by atoms with E-state index in [1.54, 1.807) is 11.3 Å². The Hall–Kier alpha value is -0.120. The van der Waals surface area contributed by atoms with Crippen LogP contribution in [0.15, 0.2) is 5.38 Å². The molecule has 2 unspecified atom stereocenters. The fourth-order valence-corrected chi connectivity index (χ4v) is 4.23. The van der Waals surface area contributed by atoms with E-state index in [4.69, 9.17) is 21.3 Å². The van der Waals surface area contributed by atoms with Crippen molar-refractivity contribution < 1.29 is 4.74 Å². The van der Waals surface area contributed by atoms with Crippen molar-refractivity contribution >= 4 is 22.9 Å². The van der Waals surface area contributed by atoms with Gasteiger partial charge in [0.25, 0.3) is 0 Å². The fraction of sp³-hybridized carbons (Fsp3) is 0.800. The molecule has 1 fully saturated rings. The molecular formula is C15H24ClNOS. The molecule has 1 aliphatic rings. The van der Waals surface area contributed by atoms with Crippen LogP contribution in [0.3, 0.4) is 0 Å². The van der Waals surface area contributed by atoms with Crippen LogP contribution in [0.1, 0.15) is 56.7 Å². The zero-order valence-electron chi connectivity index (χ0n) is 12.0. The van der Waals surface area contributed by atoms with E-state index in [0.717, 1.165) is 38.2 Å². The molecule has 0 N–H and O–H groups in total. The highest BCUT2D eigenvalue weighted by atomic mass is 35.5. The van der Waals surface area contributed by atoms with Gasteiger partial charge in [-0.15, -0.1) is 22.9 Å². The van der Waals surface area contributed by atoms with Crippen LogP contribution in [0.4, 0.5) is 0 Å². The molecule has 0 radical (unpaired) electrons. The number of ether oxygens (including phenoxy) is 1. The van der Waals surface area contributed by atoms with Gasteiger partial charge in [-0.1, -0.05) is 13.3 Å². The van der Waals surface area contributed by atoms with Crippen LogP contribution in [-0.2, 0) is 16.8 Å². The molecule has 0 spiro atoms. The molecule has 1 aromatic heterocycles. The van der Waals surface area contributed by atoms with Gasteiger partial charge in [0, 0.05) is 17.9 Å². The summed E-state index contributed by atoms with van der Waals surface area (Å²) in [5.74, 6) is 1.44. The van der Waals surface area contributed by atoms with E-state index < -0.39 is 0 Å². The number of aromatic nitrogens is 1. The Morgan fingerprint density at radius 1 is 1.58 bits per heavy atom. The average molecular weight is 302 g/mol. The topological polar surface area (TPSA) is 22.1 Å². The van der Waals surface area contributed by atoms with Crippen molar-refractivity contribution in [3.05, 3.63) is 16.1 Å². The Labute approximate surface area is 125 Å². The van der Waals surface area contributed by atoms with Gasteiger partial charge in [0.1, 0.15) is 10.6 Å². The van der Waals surface area contributed by atoms with Crippen molar-refractivity contribution in [2.75, 3.05) is 12.5 Å². The van der Waals surface area contributed by atoms with Gasteiger partial charge in [-0.05, 0) is 44.9 Å². The molecule has 2 rings (SSSR count). The van der Waals surface area contributed by atoms with Crippen LogP contribution in [0, 0.1) is 5.92 Å². The zero-order valence-corrected chi connectivity index (χ0v) is 13.5. The van der Waals surface area contributed by atoms with E-state index in [1.165, 1.54) is 23.5 Å². The molecule has 1 aliphatic carbocycles. The minimum atomic E-state index is -0.115. The summed E-state index contributed by atoms with van der Waals surface area (Å²) in [7, 11) is 0. The Morgan fingerprint density at radius 2 is 2.42 bits per heavy atom. The number of alkyl halides is 1. The molecular weight excluding hydrogens is 278 g/mol. The Balaban J connectivity index is 2.15. The number of hydrogen-bond acceptors (Lipinski definition) is 3. The second-order valence-corrected chi connectivity index (χ2v) is 6.80. The van der Waals surface area contributed by atoms with Crippen molar-refractivity contribution in [3.63, 3.8) is 0 Å². The van der Waals surface area contributed by atoms with Crippen molar-refractivity contribution in [1.82, 2.24) is 4.98 Å². The highest BCUT2D eigenvalue weighted by Crippen LogP contribution is 2.44. The first kappa shape index (κ1) is 15.3. The van der Waals surface area contributed by atoms with Crippen molar-refractivity contribution in [1.29, 1.82) is 0 Å². The van der Waals surface area contributed by atoms with E-state index in [-0.39, 0.29) is 5.60 Å². The summed E-state index contributed by atoms with van der Waals surface area (Å²) in [6.07, 6.45) is 6.79. The van der Waals surface area contributed by atoms with Crippen LogP contribution >= 0.6 is 22.9 Å². The van der Waals surface area contributed by atoms with E-state index in [1.807, 2.05) is 0 Å². The number of rotatable bonds is 6. The molecule has 2 atom stereocenters. The highest BCUT2D eigenvalue weighted by Gasteiger charge is 2.39. The van der Waals surface area contributed by atoms with Gasteiger partial charge in [-0.25, -0.2) is 4.98 Å². The summed E-state index contributed by atoms with van der Waals surface area (Å²) in [6, 6.07) is 0. The molecule has 0 saturated heterocycles. The predicted molar refractivity (Wildman–Crippen MR) is 82.1 cm³/mol.